The van der Waals surface area contributed by atoms with Crippen LogP contribution in [0, 0.1) is 10.1 Å². The summed E-state index contributed by atoms with van der Waals surface area (Å²) in [5, 5.41) is 22.4. The summed E-state index contributed by atoms with van der Waals surface area (Å²) < 4.78 is 10.5. The van der Waals surface area contributed by atoms with Gasteiger partial charge in [0.2, 0.25) is 0 Å². The van der Waals surface area contributed by atoms with Crippen LogP contribution in [0.5, 0.6) is 11.5 Å². The number of methoxy groups -OCH3 is 1. The molecule has 0 aliphatic carbocycles. The molecule has 0 saturated heterocycles. The molecule has 0 aliphatic rings. The fourth-order valence-electron chi connectivity index (χ4n) is 2.12. The van der Waals surface area contributed by atoms with Gasteiger partial charge in [0.05, 0.1) is 29.7 Å². The van der Waals surface area contributed by atoms with Crippen molar-refractivity contribution in [2.75, 3.05) is 20.3 Å². The number of nitro benzene ring substituents is 1. The van der Waals surface area contributed by atoms with Crippen molar-refractivity contribution in [1.29, 1.82) is 0 Å². The number of rotatable bonds is 8. The van der Waals surface area contributed by atoms with Crippen LogP contribution in [0.3, 0.4) is 0 Å². The van der Waals surface area contributed by atoms with Crippen molar-refractivity contribution >= 4 is 17.6 Å². The minimum absolute atomic E-state index is 0.126. The normalized spacial score (nSPS) is 10.0. The van der Waals surface area contributed by atoms with Crippen LogP contribution in [0.25, 0.3) is 0 Å². The predicted molar refractivity (Wildman–Crippen MR) is 90.9 cm³/mol. The molecule has 0 bridgehead atoms. The standard InChI is InChI=1S/C17H16N2O7/c1-25-12-3-5-13(6-4-12)26-9-8-18-16(20)14-7-2-11(19(23)24)10-15(14)17(21)22/h2-7,10H,8-9H2,1H3,(H,18,20)(H,21,22). The number of hydrogen-bond donors (Lipinski definition) is 2. The Morgan fingerprint density at radius 2 is 1.77 bits per heavy atom. The van der Waals surface area contributed by atoms with Crippen molar-refractivity contribution in [1.82, 2.24) is 5.32 Å². The van der Waals surface area contributed by atoms with Crippen LogP contribution in [0.4, 0.5) is 5.69 Å². The number of nitrogens with one attached hydrogen (secondary N) is 1. The van der Waals surface area contributed by atoms with Gasteiger partial charge in [0.25, 0.3) is 11.6 Å². The van der Waals surface area contributed by atoms with Gasteiger partial charge in [-0.25, -0.2) is 4.79 Å². The minimum Gasteiger partial charge on any atom is -0.497 e. The summed E-state index contributed by atoms with van der Waals surface area (Å²) in [6, 6.07) is 9.91. The molecule has 1 amide bonds. The maximum atomic E-state index is 12.1. The summed E-state index contributed by atoms with van der Waals surface area (Å²) in [7, 11) is 1.55. The number of nitro groups is 1. The van der Waals surface area contributed by atoms with Crippen molar-refractivity contribution in [3.05, 3.63) is 63.7 Å². The lowest BCUT2D eigenvalue weighted by molar-refractivity contribution is -0.384. The van der Waals surface area contributed by atoms with Gasteiger partial charge in [0.15, 0.2) is 0 Å². The molecular formula is C17H16N2O7. The molecule has 0 aromatic heterocycles. The topological polar surface area (TPSA) is 128 Å². The molecule has 0 saturated carbocycles. The Kier molecular flexibility index (Phi) is 6.10. The second kappa shape index (κ2) is 8.47. The Balaban J connectivity index is 1.94. The molecule has 2 aromatic carbocycles. The third-order valence-corrected chi connectivity index (χ3v) is 3.40. The highest BCUT2D eigenvalue weighted by atomic mass is 16.6. The zero-order valence-corrected chi connectivity index (χ0v) is 13.8. The number of ether oxygens (including phenoxy) is 2. The Labute approximate surface area is 148 Å². The summed E-state index contributed by atoms with van der Waals surface area (Å²) in [6.07, 6.45) is 0. The van der Waals surface area contributed by atoms with Gasteiger partial charge in [0.1, 0.15) is 18.1 Å². The Hall–Kier alpha value is -3.62. The van der Waals surface area contributed by atoms with E-state index in [2.05, 4.69) is 5.32 Å². The molecule has 0 aliphatic heterocycles. The van der Waals surface area contributed by atoms with E-state index < -0.39 is 28.1 Å². The lowest BCUT2D eigenvalue weighted by atomic mass is 10.1. The Morgan fingerprint density at radius 3 is 2.35 bits per heavy atom. The molecule has 9 heteroatoms. The van der Waals surface area contributed by atoms with Crippen LogP contribution in [0.2, 0.25) is 0 Å². The van der Waals surface area contributed by atoms with Gasteiger partial charge >= 0.3 is 5.97 Å². The smallest absolute Gasteiger partial charge is 0.336 e. The van der Waals surface area contributed by atoms with Gasteiger partial charge in [0, 0.05) is 12.1 Å². The number of carbonyl (C=O) groups is 2. The zero-order valence-electron chi connectivity index (χ0n) is 13.8. The molecule has 0 spiro atoms. The fraction of sp³-hybridized carbons (Fsp3) is 0.176. The monoisotopic (exact) mass is 360 g/mol. The molecule has 136 valence electrons. The highest BCUT2D eigenvalue weighted by Gasteiger charge is 2.20. The van der Waals surface area contributed by atoms with Crippen LogP contribution in [-0.2, 0) is 0 Å². The molecule has 0 unspecified atom stereocenters. The molecule has 2 N–H and O–H groups in total. The van der Waals surface area contributed by atoms with E-state index in [1.807, 2.05) is 0 Å². The summed E-state index contributed by atoms with van der Waals surface area (Å²) in [6.45, 7) is 0.286. The van der Waals surface area contributed by atoms with Gasteiger partial charge in [-0.1, -0.05) is 0 Å². The Bertz CT molecular complexity index is 818. The highest BCUT2D eigenvalue weighted by molar-refractivity contribution is 6.05. The van der Waals surface area contributed by atoms with Crippen LogP contribution in [0.1, 0.15) is 20.7 Å². The maximum absolute atomic E-state index is 12.1. The quantitative estimate of drug-likeness (QED) is 0.419. The van der Waals surface area contributed by atoms with Gasteiger partial charge in [-0.15, -0.1) is 0 Å². The molecule has 9 nitrogen and oxygen atoms in total. The van der Waals surface area contributed by atoms with Crippen molar-refractivity contribution in [2.45, 2.75) is 0 Å². The molecule has 0 fully saturated rings. The number of non-ortho nitro benzene ring substituents is 1. The van der Waals surface area contributed by atoms with E-state index in [4.69, 9.17) is 14.6 Å². The van der Waals surface area contributed by atoms with Gasteiger partial charge < -0.3 is 19.9 Å². The fourth-order valence-corrected chi connectivity index (χ4v) is 2.12. The van der Waals surface area contributed by atoms with E-state index in [0.717, 1.165) is 18.2 Å². The van der Waals surface area contributed by atoms with E-state index in [1.54, 1.807) is 31.4 Å². The lowest BCUT2D eigenvalue weighted by Gasteiger charge is -2.09. The number of benzene rings is 2. The zero-order chi connectivity index (χ0) is 19.1. The summed E-state index contributed by atoms with van der Waals surface area (Å²) in [5.41, 5.74) is -0.998. The van der Waals surface area contributed by atoms with Crippen LogP contribution < -0.4 is 14.8 Å². The number of carbonyl (C=O) groups excluding carboxylic acids is 1. The number of amides is 1. The van der Waals surface area contributed by atoms with Crippen LogP contribution in [0.15, 0.2) is 42.5 Å². The van der Waals surface area contributed by atoms with E-state index >= 15 is 0 Å². The van der Waals surface area contributed by atoms with Crippen molar-refractivity contribution in [3.63, 3.8) is 0 Å². The first-order valence-corrected chi connectivity index (χ1v) is 7.49. The average Bonchev–Trinajstić information content (AvgIpc) is 2.64. The van der Waals surface area contributed by atoms with Crippen molar-refractivity contribution in [3.8, 4) is 11.5 Å². The van der Waals surface area contributed by atoms with Gasteiger partial charge in [-0.3, -0.25) is 14.9 Å². The molecule has 0 atom stereocenters. The van der Waals surface area contributed by atoms with E-state index in [1.165, 1.54) is 0 Å². The van der Waals surface area contributed by atoms with E-state index in [0.29, 0.717) is 11.5 Å². The Morgan fingerprint density at radius 1 is 1.12 bits per heavy atom. The SMILES string of the molecule is COc1ccc(OCCNC(=O)c2ccc([N+](=O)[O-])cc2C(=O)O)cc1. The highest BCUT2D eigenvalue weighted by Crippen LogP contribution is 2.18. The number of carboxylic acids is 1. The molecule has 26 heavy (non-hydrogen) atoms. The first-order valence-electron chi connectivity index (χ1n) is 7.49. The third kappa shape index (κ3) is 4.69. The minimum atomic E-state index is -1.42. The predicted octanol–water partition coefficient (Wildman–Crippen LogP) is 2.11. The van der Waals surface area contributed by atoms with Gasteiger partial charge in [-0.05, 0) is 30.3 Å². The van der Waals surface area contributed by atoms with Gasteiger partial charge in [-0.2, -0.15) is 0 Å². The number of aromatic carboxylic acids is 1. The molecular weight excluding hydrogens is 344 g/mol. The lowest BCUT2D eigenvalue weighted by Crippen LogP contribution is -2.29. The van der Waals surface area contributed by atoms with E-state index in [9.17, 15) is 19.7 Å². The molecule has 0 heterocycles. The number of carboxylic acid groups (broad SMARTS) is 1. The molecule has 2 aromatic rings. The van der Waals surface area contributed by atoms with Crippen LogP contribution >= 0.6 is 0 Å². The maximum Gasteiger partial charge on any atom is 0.336 e. The summed E-state index contributed by atoms with van der Waals surface area (Å²) in [4.78, 5) is 33.4. The molecule has 2 rings (SSSR count). The molecule has 0 radical (unpaired) electrons. The number of hydrogen-bond acceptors (Lipinski definition) is 6. The summed E-state index contributed by atoms with van der Waals surface area (Å²) >= 11 is 0. The second-order valence-corrected chi connectivity index (χ2v) is 5.07. The largest absolute Gasteiger partial charge is 0.497 e. The van der Waals surface area contributed by atoms with Crippen LogP contribution in [-0.4, -0.2) is 42.2 Å². The second-order valence-electron chi connectivity index (χ2n) is 5.07. The van der Waals surface area contributed by atoms with Crippen molar-refractivity contribution in [2.24, 2.45) is 0 Å². The first kappa shape index (κ1) is 18.7. The van der Waals surface area contributed by atoms with Crippen molar-refractivity contribution < 1.29 is 29.1 Å². The third-order valence-electron chi connectivity index (χ3n) is 3.40. The average molecular weight is 360 g/mol. The summed E-state index contributed by atoms with van der Waals surface area (Å²) in [5.74, 6) is -0.810. The van der Waals surface area contributed by atoms with E-state index in [-0.39, 0.29) is 18.7 Å². The number of nitrogens with zero attached hydrogens (tertiary/aromatic N) is 1. The first-order chi connectivity index (χ1) is 12.4.